The van der Waals surface area contributed by atoms with E-state index in [4.69, 9.17) is 0 Å². The molecule has 98 valence electrons. The molecule has 0 spiro atoms. The molecule has 0 aliphatic heterocycles. The minimum atomic E-state index is -3.48. The Kier molecular flexibility index (Phi) is 4.07. The number of sulfonamides is 1. The number of rotatable bonds is 6. The van der Waals surface area contributed by atoms with Crippen molar-refractivity contribution in [3.63, 3.8) is 0 Å². The van der Waals surface area contributed by atoms with Crippen LogP contribution in [0, 0.1) is 0 Å². The zero-order chi connectivity index (χ0) is 13.0. The first-order valence-electron chi connectivity index (χ1n) is 5.19. The highest BCUT2D eigenvalue weighted by Gasteiger charge is 2.16. The molecule has 0 amide bonds. The zero-order valence-electron chi connectivity index (χ0n) is 9.67. The SMILES string of the molecule is CNCc1ccc(S(=O)(=O)NCc2ncn[nH]2)s1. The number of aromatic nitrogens is 3. The van der Waals surface area contributed by atoms with Gasteiger partial charge in [-0.25, -0.2) is 18.1 Å². The summed E-state index contributed by atoms with van der Waals surface area (Å²) in [4.78, 5) is 4.82. The van der Waals surface area contributed by atoms with Crippen molar-refractivity contribution in [2.75, 3.05) is 7.05 Å². The van der Waals surface area contributed by atoms with Gasteiger partial charge in [-0.05, 0) is 19.2 Å². The molecular formula is C9H13N5O2S2. The molecule has 0 saturated carbocycles. The standard InChI is InChI=1S/C9H13N5O2S2/c1-10-4-7-2-3-9(17-7)18(15,16)13-5-8-11-6-12-14-8/h2-3,6,10,13H,4-5H2,1H3,(H,11,12,14). The molecule has 0 radical (unpaired) electrons. The maximum Gasteiger partial charge on any atom is 0.250 e. The summed E-state index contributed by atoms with van der Waals surface area (Å²) in [6.07, 6.45) is 1.33. The Hall–Kier alpha value is -1.29. The third kappa shape index (κ3) is 3.13. The predicted molar refractivity (Wildman–Crippen MR) is 67.5 cm³/mol. The summed E-state index contributed by atoms with van der Waals surface area (Å²) in [5, 5.41) is 9.21. The molecule has 3 N–H and O–H groups in total. The van der Waals surface area contributed by atoms with Gasteiger partial charge >= 0.3 is 0 Å². The molecule has 2 aromatic heterocycles. The van der Waals surface area contributed by atoms with Gasteiger partial charge in [-0.1, -0.05) is 0 Å². The third-order valence-corrected chi connectivity index (χ3v) is 5.13. The lowest BCUT2D eigenvalue weighted by Crippen LogP contribution is -2.23. The minimum absolute atomic E-state index is 0.0988. The normalized spacial score (nSPS) is 11.8. The lowest BCUT2D eigenvalue weighted by Gasteiger charge is -2.01. The number of thiophene rings is 1. The molecule has 18 heavy (non-hydrogen) atoms. The van der Waals surface area contributed by atoms with Gasteiger partial charge in [0.2, 0.25) is 10.0 Å². The van der Waals surface area contributed by atoms with Crippen LogP contribution in [-0.2, 0) is 23.1 Å². The van der Waals surface area contributed by atoms with Gasteiger partial charge in [0.1, 0.15) is 16.4 Å². The molecule has 0 aliphatic carbocycles. The second kappa shape index (κ2) is 5.57. The van der Waals surface area contributed by atoms with Crippen molar-refractivity contribution in [2.24, 2.45) is 0 Å². The molecule has 7 nitrogen and oxygen atoms in total. The number of nitrogens with one attached hydrogen (secondary N) is 3. The van der Waals surface area contributed by atoms with Gasteiger partial charge in [0.05, 0.1) is 6.54 Å². The Bertz CT molecular complexity index is 590. The quantitative estimate of drug-likeness (QED) is 0.698. The number of hydrogen-bond acceptors (Lipinski definition) is 6. The molecule has 0 bridgehead atoms. The molecular weight excluding hydrogens is 274 g/mol. The van der Waals surface area contributed by atoms with E-state index in [1.54, 1.807) is 12.1 Å². The van der Waals surface area contributed by atoms with Crippen LogP contribution in [0.4, 0.5) is 0 Å². The molecule has 9 heteroatoms. The Morgan fingerprint density at radius 3 is 2.89 bits per heavy atom. The Morgan fingerprint density at radius 1 is 1.39 bits per heavy atom. The molecule has 0 unspecified atom stereocenters. The van der Waals surface area contributed by atoms with E-state index in [1.807, 2.05) is 7.05 Å². The van der Waals surface area contributed by atoms with Crippen LogP contribution in [0.25, 0.3) is 0 Å². The van der Waals surface area contributed by atoms with Crippen LogP contribution in [-0.4, -0.2) is 30.6 Å². The summed E-state index contributed by atoms with van der Waals surface area (Å²) < 4.78 is 26.7. The summed E-state index contributed by atoms with van der Waals surface area (Å²) in [5.74, 6) is 0.477. The maximum atomic E-state index is 12.0. The fourth-order valence-corrected chi connectivity index (χ4v) is 3.72. The summed E-state index contributed by atoms with van der Waals surface area (Å²) in [7, 11) is -1.67. The lowest BCUT2D eigenvalue weighted by molar-refractivity contribution is 0.581. The van der Waals surface area contributed by atoms with Crippen LogP contribution in [0.1, 0.15) is 10.7 Å². The van der Waals surface area contributed by atoms with Gasteiger partial charge in [0.25, 0.3) is 0 Å². The van der Waals surface area contributed by atoms with Crippen LogP contribution < -0.4 is 10.0 Å². The maximum absolute atomic E-state index is 12.0. The molecule has 0 atom stereocenters. The van der Waals surface area contributed by atoms with Crippen LogP contribution >= 0.6 is 11.3 Å². The first-order chi connectivity index (χ1) is 8.62. The van der Waals surface area contributed by atoms with E-state index >= 15 is 0 Å². The van der Waals surface area contributed by atoms with Crippen LogP contribution in [0.15, 0.2) is 22.7 Å². The van der Waals surface area contributed by atoms with E-state index in [9.17, 15) is 8.42 Å². The minimum Gasteiger partial charge on any atom is -0.315 e. The summed E-state index contributed by atoms with van der Waals surface area (Å²) >= 11 is 1.24. The zero-order valence-corrected chi connectivity index (χ0v) is 11.3. The van der Waals surface area contributed by atoms with Gasteiger partial charge in [-0.2, -0.15) is 5.10 Å². The third-order valence-electron chi connectivity index (χ3n) is 2.15. The van der Waals surface area contributed by atoms with Crippen LogP contribution in [0.5, 0.6) is 0 Å². The van der Waals surface area contributed by atoms with Gasteiger partial charge in [0, 0.05) is 11.4 Å². The van der Waals surface area contributed by atoms with E-state index in [1.165, 1.54) is 17.7 Å². The van der Waals surface area contributed by atoms with E-state index in [-0.39, 0.29) is 6.54 Å². The second-order valence-corrected chi connectivity index (χ2v) is 6.67. The summed E-state index contributed by atoms with van der Waals surface area (Å²) in [5.41, 5.74) is 0. The molecule has 0 aliphatic rings. The number of aromatic amines is 1. The van der Waals surface area contributed by atoms with E-state index in [2.05, 4.69) is 25.2 Å². The van der Waals surface area contributed by atoms with Crippen molar-refractivity contribution in [1.82, 2.24) is 25.2 Å². The van der Waals surface area contributed by atoms with Gasteiger partial charge in [0.15, 0.2) is 0 Å². The first-order valence-corrected chi connectivity index (χ1v) is 7.49. The summed E-state index contributed by atoms with van der Waals surface area (Å²) in [6.45, 7) is 0.754. The number of nitrogens with zero attached hydrogens (tertiary/aromatic N) is 2. The lowest BCUT2D eigenvalue weighted by atomic mass is 10.5. The predicted octanol–water partition coefficient (Wildman–Crippen LogP) is 0.0641. The van der Waals surface area contributed by atoms with Crippen molar-refractivity contribution in [2.45, 2.75) is 17.3 Å². The number of H-pyrrole nitrogens is 1. The molecule has 0 saturated heterocycles. The Labute approximate surface area is 109 Å². The monoisotopic (exact) mass is 287 g/mol. The van der Waals surface area contributed by atoms with E-state index in [0.717, 1.165) is 4.88 Å². The fourth-order valence-electron chi connectivity index (χ4n) is 1.32. The number of hydrogen-bond donors (Lipinski definition) is 3. The Balaban J connectivity index is 2.05. The summed E-state index contributed by atoms with van der Waals surface area (Å²) in [6, 6.07) is 3.39. The molecule has 0 aromatic carbocycles. The van der Waals surface area contributed by atoms with Crippen LogP contribution in [0.3, 0.4) is 0 Å². The van der Waals surface area contributed by atoms with E-state index in [0.29, 0.717) is 16.6 Å². The molecule has 2 rings (SSSR count). The molecule has 0 fully saturated rings. The molecule has 2 aromatic rings. The van der Waals surface area contributed by atoms with Crippen molar-refractivity contribution < 1.29 is 8.42 Å². The van der Waals surface area contributed by atoms with Crippen LogP contribution in [0.2, 0.25) is 0 Å². The van der Waals surface area contributed by atoms with Gasteiger partial charge in [-0.15, -0.1) is 11.3 Å². The largest absolute Gasteiger partial charge is 0.315 e. The second-order valence-electron chi connectivity index (χ2n) is 3.51. The van der Waals surface area contributed by atoms with E-state index < -0.39 is 10.0 Å². The molecule has 2 heterocycles. The van der Waals surface area contributed by atoms with Crippen molar-refractivity contribution in [1.29, 1.82) is 0 Å². The highest BCUT2D eigenvalue weighted by molar-refractivity contribution is 7.91. The van der Waals surface area contributed by atoms with Crippen molar-refractivity contribution in [3.05, 3.63) is 29.2 Å². The smallest absolute Gasteiger partial charge is 0.250 e. The van der Waals surface area contributed by atoms with Crippen molar-refractivity contribution >= 4 is 21.4 Å². The Morgan fingerprint density at radius 2 is 2.22 bits per heavy atom. The fraction of sp³-hybridized carbons (Fsp3) is 0.333. The topological polar surface area (TPSA) is 99.8 Å². The highest BCUT2D eigenvalue weighted by Crippen LogP contribution is 2.21. The van der Waals surface area contributed by atoms with Gasteiger partial charge in [-0.3, -0.25) is 5.10 Å². The highest BCUT2D eigenvalue weighted by atomic mass is 32.2. The average Bonchev–Trinajstić information content (AvgIpc) is 2.98. The average molecular weight is 287 g/mol. The first kappa shape index (κ1) is 13.1. The van der Waals surface area contributed by atoms with Crippen molar-refractivity contribution in [3.8, 4) is 0 Å². The van der Waals surface area contributed by atoms with Gasteiger partial charge < -0.3 is 5.32 Å².